The van der Waals surface area contributed by atoms with E-state index in [2.05, 4.69) is 17.4 Å². The molecule has 0 saturated carbocycles. The molecule has 0 aromatic heterocycles. The van der Waals surface area contributed by atoms with Gasteiger partial charge in [0.25, 0.3) is 5.91 Å². The van der Waals surface area contributed by atoms with Crippen LogP contribution < -0.4 is 10.1 Å². The van der Waals surface area contributed by atoms with Gasteiger partial charge in [-0.15, -0.1) is 0 Å². The van der Waals surface area contributed by atoms with Gasteiger partial charge in [0.15, 0.2) is 0 Å². The standard InChI is InChI=1S/C22H19NO4/c24-21(23-19-8-4-7-18(15-19)22(25)26)17-9-11-20(12-10-17)27-14-13-16-5-2-1-3-6-16/h1-12,15H,13-14H2,(H,23,24)(H,25,26). The molecule has 5 heteroatoms. The fraction of sp³-hybridized carbons (Fsp3) is 0.0909. The predicted molar refractivity (Wildman–Crippen MR) is 103 cm³/mol. The second kappa shape index (κ2) is 8.67. The quantitative estimate of drug-likeness (QED) is 0.659. The van der Waals surface area contributed by atoms with Crippen LogP contribution in [-0.4, -0.2) is 23.6 Å². The lowest BCUT2D eigenvalue weighted by Crippen LogP contribution is -2.12. The maximum absolute atomic E-state index is 12.3. The Morgan fingerprint density at radius 1 is 0.852 bits per heavy atom. The summed E-state index contributed by atoms with van der Waals surface area (Å²) < 4.78 is 5.71. The number of amides is 1. The molecule has 3 aromatic rings. The van der Waals surface area contributed by atoms with E-state index in [1.165, 1.54) is 17.7 Å². The molecule has 2 N–H and O–H groups in total. The molecular formula is C22H19NO4. The van der Waals surface area contributed by atoms with Crippen LogP contribution in [0.3, 0.4) is 0 Å². The summed E-state index contributed by atoms with van der Waals surface area (Å²) in [5.74, 6) is -0.660. The van der Waals surface area contributed by atoms with Crippen LogP contribution in [0.2, 0.25) is 0 Å². The van der Waals surface area contributed by atoms with Crippen LogP contribution >= 0.6 is 0 Å². The topological polar surface area (TPSA) is 75.6 Å². The third-order valence-corrected chi connectivity index (χ3v) is 3.99. The van der Waals surface area contributed by atoms with Crippen LogP contribution in [0.5, 0.6) is 5.75 Å². The van der Waals surface area contributed by atoms with Crippen LogP contribution in [0.15, 0.2) is 78.9 Å². The lowest BCUT2D eigenvalue weighted by Gasteiger charge is -2.08. The third-order valence-electron chi connectivity index (χ3n) is 3.99. The zero-order valence-corrected chi connectivity index (χ0v) is 14.6. The highest BCUT2D eigenvalue weighted by Crippen LogP contribution is 2.16. The number of anilines is 1. The highest BCUT2D eigenvalue weighted by Gasteiger charge is 2.08. The van der Waals surface area contributed by atoms with E-state index in [9.17, 15) is 9.59 Å². The number of hydrogen-bond acceptors (Lipinski definition) is 3. The summed E-state index contributed by atoms with van der Waals surface area (Å²) in [5, 5.41) is 11.7. The van der Waals surface area contributed by atoms with E-state index in [4.69, 9.17) is 9.84 Å². The molecule has 0 spiro atoms. The Labute approximate surface area is 157 Å². The number of carboxylic acid groups (broad SMARTS) is 1. The average molecular weight is 361 g/mol. The van der Waals surface area contributed by atoms with Crippen LogP contribution in [0.4, 0.5) is 5.69 Å². The maximum atomic E-state index is 12.3. The summed E-state index contributed by atoms with van der Waals surface area (Å²) in [4.78, 5) is 23.3. The predicted octanol–water partition coefficient (Wildman–Crippen LogP) is 4.26. The van der Waals surface area contributed by atoms with E-state index >= 15 is 0 Å². The number of hydrogen-bond donors (Lipinski definition) is 2. The molecule has 136 valence electrons. The smallest absolute Gasteiger partial charge is 0.335 e. The van der Waals surface area contributed by atoms with Crippen LogP contribution in [0.25, 0.3) is 0 Å². The van der Waals surface area contributed by atoms with Gasteiger partial charge in [0.1, 0.15) is 5.75 Å². The van der Waals surface area contributed by atoms with Crippen LogP contribution in [0.1, 0.15) is 26.3 Å². The van der Waals surface area contributed by atoms with Gasteiger partial charge in [0, 0.05) is 17.7 Å². The Morgan fingerprint density at radius 3 is 2.30 bits per heavy atom. The Morgan fingerprint density at radius 2 is 1.59 bits per heavy atom. The zero-order chi connectivity index (χ0) is 19.1. The first kappa shape index (κ1) is 18.2. The van der Waals surface area contributed by atoms with Crippen molar-refractivity contribution in [3.05, 3.63) is 95.6 Å². The van der Waals surface area contributed by atoms with Crippen molar-refractivity contribution >= 4 is 17.6 Å². The van der Waals surface area contributed by atoms with Gasteiger partial charge in [0.2, 0.25) is 0 Å². The molecule has 0 aliphatic heterocycles. The molecular weight excluding hydrogens is 342 g/mol. The van der Waals surface area contributed by atoms with Crippen molar-refractivity contribution in [2.24, 2.45) is 0 Å². The summed E-state index contributed by atoms with van der Waals surface area (Å²) in [6.07, 6.45) is 0.809. The average Bonchev–Trinajstić information content (AvgIpc) is 2.69. The first-order valence-corrected chi connectivity index (χ1v) is 8.53. The number of rotatable bonds is 7. The van der Waals surface area contributed by atoms with Gasteiger partial charge < -0.3 is 15.2 Å². The van der Waals surface area contributed by atoms with E-state index in [1.54, 1.807) is 36.4 Å². The first-order chi connectivity index (χ1) is 13.1. The fourth-order valence-electron chi connectivity index (χ4n) is 2.57. The van der Waals surface area contributed by atoms with Gasteiger partial charge in [-0.3, -0.25) is 4.79 Å². The Hall–Kier alpha value is -3.60. The molecule has 0 unspecified atom stereocenters. The molecule has 3 rings (SSSR count). The molecule has 0 bridgehead atoms. The largest absolute Gasteiger partial charge is 0.493 e. The van der Waals surface area contributed by atoms with Gasteiger partial charge in [0.05, 0.1) is 12.2 Å². The number of benzene rings is 3. The van der Waals surface area contributed by atoms with Crippen LogP contribution in [-0.2, 0) is 6.42 Å². The lowest BCUT2D eigenvalue weighted by atomic mass is 10.1. The normalized spacial score (nSPS) is 10.2. The molecule has 0 atom stereocenters. The van der Waals surface area contributed by atoms with Crippen molar-refractivity contribution in [3.8, 4) is 5.75 Å². The monoisotopic (exact) mass is 361 g/mol. The molecule has 0 aliphatic carbocycles. The van der Waals surface area contributed by atoms with Crippen molar-refractivity contribution in [1.29, 1.82) is 0 Å². The van der Waals surface area contributed by atoms with E-state index in [-0.39, 0.29) is 11.5 Å². The number of carboxylic acids is 1. The summed E-state index contributed by atoms with van der Waals surface area (Å²) in [7, 11) is 0. The van der Waals surface area contributed by atoms with Crippen LogP contribution in [0, 0.1) is 0 Å². The highest BCUT2D eigenvalue weighted by molar-refractivity contribution is 6.04. The van der Waals surface area contributed by atoms with Gasteiger partial charge in [-0.2, -0.15) is 0 Å². The molecule has 0 saturated heterocycles. The minimum atomic E-state index is -1.04. The molecule has 27 heavy (non-hydrogen) atoms. The van der Waals surface area contributed by atoms with E-state index < -0.39 is 5.97 Å². The summed E-state index contributed by atoms with van der Waals surface area (Å²) in [6, 6.07) is 23.0. The minimum absolute atomic E-state index is 0.120. The van der Waals surface area contributed by atoms with Crippen molar-refractivity contribution in [2.75, 3.05) is 11.9 Å². The Kier molecular flexibility index (Phi) is 5.84. The van der Waals surface area contributed by atoms with Gasteiger partial charge in [-0.25, -0.2) is 4.79 Å². The number of carbonyl (C=O) groups excluding carboxylic acids is 1. The molecule has 0 fully saturated rings. The molecule has 5 nitrogen and oxygen atoms in total. The number of nitrogens with one attached hydrogen (secondary N) is 1. The van der Waals surface area contributed by atoms with E-state index in [1.807, 2.05) is 18.2 Å². The van der Waals surface area contributed by atoms with Gasteiger partial charge in [-0.1, -0.05) is 36.4 Å². The first-order valence-electron chi connectivity index (χ1n) is 8.53. The molecule has 1 amide bonds. The molecule has 0 radical (unpaired) electrons. The Balaban J connectivity index is 1.55. The van der Waals surface area contributed by atoms with Gasteiger partial charge in [-0.05, 0) is 48.0 Å². The zero-order valence-electron chi connectivity index (χ0n) is 14.6. The molecule has 0 heterocycles. The highest BCUT2D eigenvalue weighted by atomic mass is 16.5. The number of carbonyl (C=O) groups is 2. The second-order valence-electron chi connectivity index (χ2n) is 5.95. The summed E-state index contributed by atoms with van der Waals surface area (Å²) in [6.45, 7) is 0.553. The lowest BCUT2D eigenvalue weighted by molar-refractivity contribution is 0.0696. The second-order valence-corrected chi connectivity index (χ2v) is 5.95. The molecule has 0 aliphatic rings. The van der Waals surface area contributed by atoms with Crippen molar-refractivity contribution < 1.29 is 19.4 Å². The van der Waals surface area contributed by atoms with Crippen molar-refractivity contribution in [3.63, 3.8) is 0 Å². The summed E-state index contributed by atoms with van der Waals surface area (Å²) >= 11 is 0. The SMILES string of the molecule is O=C(O)c1cccc(NC(=O)c2ccc(OCCc3ccccc3)cc2)c1. The maximum Gasteiger partial charge on any atom is 0.335 e. The Bertz CT molecular complexity index is 921. The van der Waals surface area contributed by atoms with Gasteiger partial charge >= 0.3 is 5.97 Å². The van der Waals surface area contributed by atoms with E-state index in [0.717, 1.165) is 6.42 Å². The third kappa shape index (κ3) is 5.19. The fourth-order valence-corrected chi connectivity index (χ4v) is 2.57. The van der Waals surface area contributed by atoms with Crippen molar-refractivity contribution in [1.82, 2.24) is 0 Å². The minimum Gasteiger partial charge on any atom is -0.493 e. The summed E-state index contributed by atoms with van der Waals surface area (Å²) in [5.41, 5.74) is 2.22. The molecule has 3 aromatic carbocycles. The van der Waals surface area contributed by atoms with E-state index in [0.29, 0.717) is 23.6 Å². The van der Waals surface area contributed by atoms with Crippen molar-refractivity contribution in [2.45, 2.75) is 6.42 Å². The number of ether oxygens (including phenoxy) is 1. The number of aromatic carboxylic acids is 1.